The van der Waals surface area contributed by atoms with Gasteiger partial charge in [0, 0.05) is 5.69 Å². The molecule has 0 N–H and O–H groups in total. The van der Waals surface area contributed by atoms with E-state index in [1.54, 1.807) is 21.3 Å². The van der Waals surface area contributed by atoms with Gasteiger partial charge in [-0.1, -0.05) is 59.8 Å². The molecule has 1 saturated heterocycles. The average Bonchev–Trinajstić information content (AvgIpc) is 3.15. The Balaban J connectivity index is 1.78. The summed E-state index contributed by atoms with van der Waals surface area (Å²) in [5, 5.41) is -0.153. The molecule has 1 aliphatic rings. The Morgan fingerprint density at radius 2 is 1.50 bits per heavy atom. The molecule has 3 aromatic carbocycles. The van der Waals surface area contributed by atoms with Gasteiger partial charge in [0.2, 0.25) is 5.75 Å². The zero-order chi connectivity index (χ0) is 22.7. The summed E-state index contributed by atoms with van der Waals surface area (Å²) in [6, 6.07) is 21.8. The predicted molar refractivity (Wildman–Crippen MR) is 130 cm³/mol. The molecular weight excluding hydrogens is 422 g/mol. The number of anilines is 1. The molecule has 1 fully saturated rings. The molecule has 1 aliphatic heterocycles. The first-order valence-corrected chi connectivity index (χ1v) is 11.1. The lowest BCUT2D eigenvalue weighted by Gasteiger charge is -2.23. The molecule has 32 heavy (non-hydrogen) atoms. The monoisotopic (exact) mass is 447 g/mol. The van der Waals surface area contributed by atoms with Gasteiger partial charge in [-0.15, -0.1) is 0 Å². The van der Waals surface area contributed by atoms with Crippen LogP contribution < -0.4 is 19.1 Å². The summed E-state index contributed by atoms with van der Waals surface area (Å²) in [7, 11) is 4.72. The Bertz CT molecular complexity index is 1120. The molecule has 0 aliphatic carbocycles. The molecule has 3 aromatic rings. The SMILES string of the molecule is COc1cc(/C=C2/SC(c3ccccc3)N(c3ccc(C)cc3)C2=O)cc(OC)c1OC. The highest BCUT2D eigenvalue weighted by Gasteiger charge is 2.38. The lowest BCUT2D eigenvalue weighted by atomic mass is 10.1. The molecule has 1 heterocycles. The van der Waals surface area contributed by atoms with Gasteiger partial charge in [0.25, 0.3) is 5.91 Å². The lowest BCUT2D eigenvalue weighted by Crippen LogP contribution is -2.27. The second-order valence-corrected chi connectivity index (χ2v) is 8.48. The normalized spacial score (nSPS) is 17.0. The van der Waals surface area contributed by atoms with Crippen LogP contribution in [0.3, 0.4) is 0 Å². The van der Waals surface area contributed by atoms with Crippen LogP contribution >= 0.6 is 11.8 Å². The van der Waals surface area contributed by atoms with Gasteiger partial charge in [-0.25, -0.2) is 0 Å². The van der Waals surface area contributed by atoms with Gasteiger partial charge in [0.15, 0.2) is 11.5 Å². The molecule has 1 unspecified atom stereocenters. The number of amides is 1. The van der Waals surface area contributed by atoms with Crippen LogP contribution in [-0.2, 0) is 4.79 Å². The van der Waals surface area contributed by atoms with E-state index in [1.807, 2.05) is 72.5 Å². The number of nitrogens with zero attached hydrogens (tertiary/aromatic N) is 1. The number of benzene rings is 3. The van der Waals surface area contributed by atoms with E-state index < -0.39 is 0 Å². The van der Waals surface area contributed by atoms with Gasteiger partial charge in [-0.2, -0.15) is 0 Å². The summed E-state index contributed by atoms with van der Waals surface area (Å²) in [4.78, 5) is 16.1. The Kier molecular flexibility index (Phi) is 6.42. The van der Waals surface area contributed by atoms with Gasteiger partial charge in [-0.3, -0.25) is 9.69 Å². The Morgan fingerprint density at radius 1 is 0.875 bits per heavy atom. The Morgan fingerprint density at radius 3 is 2.06 bits per heavy atom. The molecule has 1 amide bonds. The van der Waals surface area contributed by atoms with Crippen LogP contribution in [0.4, 0.5) is 5.69 Å². The van der Waals surface area contributed by atoms with E-state index in [9.17, 15) is 4.79 Å². The van der Waals surface area contributed by atoms with Crippen LogP contribution in [0.1, 0.15) is 22.1 Å². The summed E-state index contributed by atoms with van der Waals surface area (Å²) in [5.41, 5.74) is 3.89. The van der Waals surface area contributed by atoms with Gasteiger partial charge in [0.1, 0.15) is 5.37 Å². The summed E-state index contributed by atoms with van der Waals surface area (Å²) in [6.45, 7) is 2.04. The summed E-state index contributed by atoms with van der Waals surface area (Å²) in [5.74, 6) is 1.57. The highest BCUT2D eigenvalue weighted by atomic mass is 32.2. The quantitative estimate of drug-likeness (QED) is 0.444. The van der Waals surface area contributed by atoms with Crippen molar-refractivity contribution in [2.24, 2.45) is 0 Å². The van der Waals surface area contributed by atoms with Crippen LogP contribution in [0.2, 0.25) is 0 Å². The van der Waals surface area contributed by atoms with Crippen LogP contribution in [0.25, 0.3) is 6.08 Å². The number of thioether (sulfide) groups is 1. The topological polar surface area (TPSA) is 48.0 Å². The van der Waals surface area contributed by atoms with Crippen molar-refractivity contribution in [3.8, 4) is 17.2 Å². The molecule has 6 heteroatoms. The fraction of sp³-hybridized carbons (Fsp3) is 0.192. The van der Waals surface area contributed by atoms with Crippen LogP contribution in [0.15, 0.2) is 71.6 Å². The molecule has 0 aromatic heterocycles. The second kappa shape index (κ2) is 9.40. The van der Waals surface area contributed by atoms with E-state index in [-0.39, 0.29) is 11.3 Å². The van der Waals surface area contributed by atoms with E-state index in [0.29, 0.717) is 22.2 Å². The standard InChI is InChI=1S/C26H25NO4S/c1-17-10-12-20(13-11-17)27-25(28)23(32-26(27)19-8-6-5-7-9-19)16-18-14-21(29-2)24(31-4)22(15-18)30-3/h5-16,26H,1-4H3/b23-16+. The van der Waals surface area contributed by atoms with Crippen LogP contribution in [0, 0.1) is 6.92 Å². The second-order valence-electron chi connectivity index (χ2n) is 7.36. The molecular formula is C26H25NO4S. The first kappa shape index (κ1) is 21.8. The third-order valence-electron chi connectivity index (χ3n) is 5.28. The van der Waals surface area contributed by atoms with E-state index in [2.05, 4.69) is 12.1 Å². The maximum absolute atomic E-state index is 13.6. The number of ether oxygens (including phenoxy) is 3. The molecule has 4 rings (SSSR count). The number of methoxy groups -OCH3 is 3. The van der Waals surface area contributed by atoms with E-state index in [0.717, 1.165) is 22.4 Å². The molecule has 164 valence electrons. The van der Waals surface area contributed by atoms with Crippen molar-refractivity contribution >= 4 is 29.4 Å². The minimum atomic E-state index is -0.153. The molecule has 0 spiro atoms. The smallest absolute Gasteiger partial charge is 0.266 e. The third-order valence-corrected chi connectivity index (χ3v) is 6.54. The number of hydrogen-bond acceptors (Lipinski definition) is 5. The Labute approximate surface area is 192 Å². The number of rotatable bonds is 6. The van der Waals surface area contributed by atoms with Gasteiger partial charge < -0.3 is 14.2 Å². The average molecular weight is 448 g/mol. The maximum atomic E-state index is 13.6. The van der Waals surface area contributed by atoms with Crippen molar-refractivity contribution in [1.82, 2.24) is 0 Å². The number of hydrogen-bond donors (Lipinski definition) is 0. The summed E-state index contributed by atoms with van der Waals surface area (Å²) in [6.07, 6.45) is 1.88. The highest BCUT2D eigenvalue weighted by molar-refractivity contribution is 8.05. The lowest BCUT2D eigenvalue weighted by molar-refractivity contribution is -0.114. The zero-order valence-electron chi connectivity index (χ0n) is 18.5. The zero-order valence-corrected chi connectivity index (χ0v) is 19.3. The predicted octanol–water partition coefficient (Wildman–Crippen LogP) is 5.84. The molecule has 0 saturated carbocycles. The fourth-order valence-electron chi connectivity index (χ4n) is 3.67. The molecule has 0 bridgehead atoms. The number of carbonyl (C=O) groups excluding carboxylic acids is 1. The maximum Gasteiger partial charge on any atom is 0.266 e. The highest BCUT2D eigenvalue weighted by Crippen LogP contribution is 2.49. The van der Waals surface area contributed by atoms with Crippen molar-refractivity contribution in [3.63, 3.8) is 0 Å². The number of carbonyl (C=O) groups is 1. The van der Waals surface area contributed by atoms with Crippen molar-refractivity contribution in [2.75, 3.05) is 26.2 Å². The van der Waals surface area contributed by atoms with Crippen molar-refractivity contribution in [1.29, 1.82) is 0 Å². The minimum absolute atomic E-state index is 0.0403. The molecule has 0 radical (unpaired) electrons. The van der Waals surface area contributed by atoms with Crippen LogP contribution in [-0.4, -0.2) is 27.2 Å². The van der Waals surface area contributed by atoms with Crippen LogP contribution in [0.5, 0.6) is 17.2 Å². The van der Waals surface area contributed by atoms with Crippen molar-refractivity contribution in [2.45, 2.75) is 12.3 Å². The van der Waals surface area contributed by atoms with Gasteiger partial charge in [-0.05, 0) is 48.4 Å². The summed E-state index contributed by atoms with van der Waals surface area (Å²) < 4.78 is 16.3. The number of aryl methyl sites for hydroxylation is 1. The first-order valence-electron chi connectivity index (χ1n) is 10.2. The summed E-state index contributed by atoms with van der Waals surface area (Å²) >= 11 is 1.54. The van der Waals surface area contributed by atoms with Crippen molar-refractivity contribution in [3.05, 3.63) is 88.3 Å². The first-order chi connectivity index (χ1) is 15.5. The minimum Gasteiger partial charge on any atom is -0.493 e. The van der Waals surface area contributed by atoms with Gasteiger partial charge in [0.05, 0.1) is 26.2 Å². The third kappa shape index (κ3) is 4.18. The fourth-order valence-corrected chi connectivity index (χ4v) is 4.93. The molecule has 1 atom stereocenters. The Hall–Kier alpha value is -3.38. The van der Waals surface area contributed by atoms with E-state index >= 15 is 0 Å². The van der Waals surface area contributed by atoms with Crippen molar-refractivity contribution < 1.29 is 19.0 Å². The van der Waals surface area contributed by atoms with E-state index in [4.69, 9.17) is 14.2 Å². The largest absolute Gasteiger partial charge is 0.493 e. The van der Waals surface area contributed by atoms with E-state index in [1.165, 1.54) is 11.8 Å². The van der Waals surface area contributed by atoms with Gasteiger partial charge >= 0.3 is 0 Å². The molecule has 5 nitrogen and oxygen atoms in total.